The van der Waals surface area contributed by atoms with Crippen LogP contribution in [0.25, 0.3) is 22.0 Å². The minimum Gasteiger partial charge on any atom is -0.404 e. The van der Waals surface area contributed by atoms with E-state index in [-0.39, 0.29) is 16.7 Å². The van der Waals surface area contributed by atoms with Gasteiger partial charge in [0.15, 0.2) is 5.76 Å². The molecule has 2 heterocycles. The number of aromatic amines is 1. The largest absolute Gasteiger partial charge is 0.419 e. The second kappa shape index (κ2) is 8.03. The monoisotopic (exact) mass is 438 g/mol. The third-order valence-electron chi connectivity index (χ3n) is 5.94. The number of pyridine rings is 1. The van der Waals surface area contributed by atoms with E-state index < -0.39 is 29.0 Å². The average molecular weight is 438 g/mol. The van der Waals surface area contributed by atoms with Gasteiger partial charge in [-0.15, -0.1) is 0 Å². The topological polar surface area (TPSA) is 88.3 Å². The molecule has 1 aromatic heterocycles. The Morgan fingerprint density at radius 2 is 1.75 bits per heavy atom. The Morgan fingerprint density at radius 3 is 2.38 bits per heavy atom. The van der Waals surface area contributed by atoms with Gasteiger partial charge in [-0.05, 0) is 48.1 Å². The van der Waals surface area contributed by atoms with Crippen molar-refractivity contribution in [2.24, 2.45) is 0 Å². The molecule has 4 rings (SSSR count). The summed E-state index contributed by atoms with van der Waals surface area (Å²) in [4.78, 5) is 39.2. The summed E-state index contributed by atoms with van der Waals surface area (Å²) in [7, 11) is 0. The first-order chi connectivity index (χ1) is 15.3. The predicted molar refractivity (Wildman–Crippen MR) is 115 cm³/mol. The van der Waals surface area contributed by atoms with Crippen LogP contribution < -0.4 is 10.9 Å². The number of imide groups is 1. The van der Waals surface area contributed by atoms with Crippen molar-refractivity contribution in [1.82, 2.24) is 10.3 Å². The third kappa shape index (κ3) is 3.68. The summed E-state index contributed by atoms with van der Waals surface area (Å²) >= 11 is 0. The maximum atomic E-state index is 14.2. The van der Waals surface area contributed by atoms with Crippen molar-refractivity contribution in [1.29, 1.82) is 0 Å². The fourth-order valence-corrected chi connectivity index (χ4v) is 4.06. The summed E-state index contributed by atoms with van der Waals surface area (Å²) in [5.74, 6) is -2.14. The molecule has 0 bridgehead atoms. The lowest BCUT2D eigenvalue weighted by Crippen LogP contribution is -2.31. The van der Waals surface area contributed by atoms with Crippen molar-refractivity contribution in [3.05, 3.63) is 81.9 Å². The molecule has 1 aliphatic rings. The molecule has 0 spiro atoms. The minimum absolute atomic E-state index is 0.139. The Hall–Kier alpha value is -3.81. The van der Waals surface area contributed by atoms with Crippen LogP contribution in [0.4, 0.5) is 13.6 Å². The number of halogens is 2. The smallest absolute Gasteiger partial charge is 0.404 e. The molecule has 1 saturated heterocycles. The Balaban J connectivity index is 1.78. The first-order valence-corrected chi connectivity index (χ1v) is 10.2. The fraction of sp³-hybridized carbons (Fsp3) is 0.208. The normalized spacial score (nSPS) is 15.3. The van der Waals surface area contributed by atoms with Crippen molar-refractivity contribution in [3.63, 3.8) is 0 Å². The van der Waals surface area contributed by atoms with Gasteiger partial charge >= 0.3 is 6.09 Å². The zero-order chi connectivity index (χ0) is 23.0. The van der Waals surface area contributed by atoms with E-state index >= 15 is 0 Å². The zero-order valence-corrected chi connectivity index (χ0v) is 17.4. The van der Waals surface area contributed by atoms with Crippen molar-refractivity contribution < 1.29 is 23.1 Å². The fourth-order valence-electron chi connectivity index (χ4n) is 4.06. The van der Waals surface area contributed by atoms with Crippen molar-refractivity contribution in [3.8, 4) is 11.3 Å². The number of allylic oxidation sites excluding steroid dienone is 1. The molecule has 0 atom stereocenters. The average Bonchev–Trinajstić information content (AvgIpc) is 3.08. The lowest BCUT2D eigenvalue weighted by atomic mass is 9.75. The number of rotatable bonds is 5. The Morgan fingerprint density at radius 1 is 1.00 bits per heavy atom. The van der Waals surface area contributed by atoms with E-state index in [4.69, 9.17) is 4.74 Å². The van der Waals surface area contributed by atoms with Crippen LogP contribution in [0.2, 0.25) is 0 Å². The Labute approximate surface area is 181 Å². The molecule has 0 aliphatic carbocycles. The summed E-state index contributed by atoms with van der Waals surface area (Å²) in [5, 5.41) is 2.70. The van der Waals surface area contributed by atoms with E-state index in [0.29, 0.717) is 35.0 Å². The summed E-state index contributed by atoms with van der Waals surface area (Å²) < 4.78 is 32.6. The molecule has 32 heavy (non-hydrogen) atoms. The van der Waals surface area contributed by atoms with Crippen molar-refractivity contribution in [2.75, 3.05) is 0 Å². The van der Waals surface area contributed by atoms with Gasteiger partial charge in [0.1, 0.15) is 11.6 Å². The second-order valence-electron chi connectivity index (χ2n) is 7.65. The molecule has 0 radical (unpaired) electrons. The summed E-state index contributed by atoms with van der Waals surface area (Å²) in [5.41, 5.74) is 0.211. The molecule has 6 nitrogen and oxygen atoms in total. The number of hydrogen-bond donors (Lipinski definition) is 2. The van der Waals surface area contributed by atoms with Gasteiger partial charge < -0.3 is 9.72 Å². The number of ether oxygens (including phenoxy) is 1. The summed E-state index contributed by atoms with van der Waals surface area (Å²) in [6.07, 6.45) is 1.62. The molecular formula is C24H20F2N2O4. The van der Waals surface area contributed by atoms with Gasteiger partial charge in [0.25, 0.3) is 11.5 Å². The van der Waals surface area contributed by atoms with Crippen LogP contribution in [0, 0.1) is 11.6 Å². The van der Waals surface area contributed by atoms with Gasteiger partial charge in [-0.1, -0.05) is 32.0 Å². The third-order valence-corrected chi connectivity index (χ3v) is 5.94. The van der Waals surface area contributed by atoms with Gasteiger partial charge in [-0.3, -0.25) is 14.9 Å². The molecule has 164 valence electrons. The molecule has 2 amide bonds. The summed E-state index contributed by atoms with van der Waals surface area (Å²) in [6, 6.07) is 10.2. The highest BCUT2D eigenvalue weighted by atomic mass is 19.1. The first-order valence-electron chi connectivity index (χ1n) is 10.2. The number of cyclic esters (lactones) is 1. The number of carbonyl (C=O) groups is 2. The molecule has 2 N–H and O–H groups in total. The van der Waals surface area contributed by atoms with Crippen molar-refractivity contribution >= 4 is 22.8 Å². The van der Waals surface area contributed by atoms with Gasteiger partial charge in [-0.2, -0.15) is 0 Å². The number of nitrogens with one attached hydrogen (secondary N) is 2. The number of hydrogen-bond acceptors (Lipinski definition) is 4. The number of alkyl carbamates (subject to hydrolysis) is 1. The van der Waals surface area contributed by atoms with Crippen molar-refractivity contribution in [2.45, 2.75) is 32.1 Å². The van der Waals surface area contributed by atoms with Crippen LogP contribution in [-0.2, 0) is 14.9 Å². The van der Waals surface area contributed by atoms with Gasteiger partial charge in [0.2, 0.25) is 0 Å². The molecule has 8 heteroatoms. The van der Waals surface area contributed by atoms with Gasteiger partial charge in [0, 0.05) is 28.1 Å². The maximum absolute atomic E-state index is 14.2. The van der Waals surface area contributed by atoms with E-state index in [1.54, 1.807) is 30.3 Å². The van der Waals surface area contributed by atoms with E-state index in [2.05, 4.69) is 4.98 Å². The molecule has 1 aliphatic heterocycles. The Kier molecular flexibility index (Phi) is 5.38. The predicted octanol–water partition coefficient (Wildman–Crippen LogP) is 4.68. The highest BCUT2D eigenvalue weighted by Crippen LogP contribution is 2.34. The van der Waals surface area contributed by atoms with Crippen LogP contribution >= 0.6 is 0 Å². The number of H-pyrrole nitrogens is 1. The van der Waals surface area contributed by atoms with E-state index in [1.165, 1.54) is 12.1 Å². The number of carbonyl (C=O) groups excluding carboxylic acids is 2. The summed E-state index contributed by atoms with van der Waals surface area (Å²) in [6.45, 7) is 3.74. The zero-order valence-electron chi connectivity index (χ0n) is 17.4. The SMILES string of the molecule is CCC(/C=C1\OC(=O)NC1=O)(CC)c1ccc(-c2ccc3cc(F)cc(F)c3c2)[nH]c1=O. The molecule has 0 saturated carbocycles. The highest BCUT2D eigenvalue weighted by molar-refractivity contribution is 6.07. The lowest BCUT2D eigenvalue weighted by Gasteiger charge is -2.28. The molecule has 3 aromatic rings. The number of aromatic nitrogens is 1. The van der Waals surface area contributed by atoms with Crippen LogP contribution in [0.5, 0.6) is 0 Å². The highest BCUT2D eigenvalue weighted by Gasteiger charge is 2.35. The van der Waals surface area contributed by atoms with E-state index in [9.17, 15) is 23.2 Å². The van der Waals surface area contributed by atoms with Crippen LogP contribution in [0.1, 0.15) is 32.3 Å². The van der Waals surface area contributed by atoms with Crippen LogP contribution in [0.3, 0.4) is 0 Å². The van der Waals surface area contributed by atoms with Gasteiger partial charge in [0.05, 0.1) is 0 Å². The van der Waals surface area contributed by atoms with Crippen LogP contribution in [-0.4, -0.2) is 17.0 Å². The molecule has 0 unspecified atom stereocenters. The Bertz CT molecular complexity index is 1340. The van der Waals surface area contributed by atoms with E-state index in [1.807, 2.05) is 19.2 Å². The van der Waals surface area contributed by atoms with E-state index in [0.717, 1.165) is 6.07 Å². The molecular weight excluding hydrogens is 418 g/mol. The molecule has 1 fully saturated rings. The second-order valence-corrected chi connectivity index (χ2v) is 7.65. The molecule has 2 aromatic carbocycles. The minimum atomic E-state index is -0.852. The number of benzene rings is 2. The van der Waals surface area contributed by atoms with Gasteiger partial charge in [-0.25, -0.2) is 13.6 Å². The van der Waals surface area contributed by atoms with Crippen LogP contribution in [0.15, 0.2) is 59.1 Å². The quantitative estimate of drug-likeness (QED) is 0.566. The number of fused-ring (bicyclic) bond motifs is 1. The first kappa shape index (κ1) is 21.4. The maximum Gasteiger partial charge on any atom is 0.419 e. The lowest BCUT2D eigenvalue weighted by molar-refractivity contribution is -0.116. The standard InChI is InChI=1S/C24H20F2N2O4/c1-3-24(4-2,12-20-22(30)28-23(31)32-20)17-7-8-19(27-21(17)29)14-6-5-13-9-15(25)11-18(26)16(13)10-14/h5-12H,3-4H2,1-2H3,(H,27,29)(H,28,30,31)/b20-12-. The number of amides is 2.